The number of ketones is 3. The van der Waals surface area contributed by atoms with E-state index in [1.165, 1.54) is 36.4 Å². The summed E-state index contributed by atoms with van der Waals surface area (Å²) in [7, 11) is 0. The zero-order chi connectivity index (χ0) is 64.4. The van der Waals surface area contributed by atoms with Crippen LogP contribution >= 0.6 is 0 Å². The lowest BCUT2D eigenvalue weighted by Gasteiger charge is -2.44. The number of fused-ring (bicyclic) bond motifs is 3. The topological polar surface area (TPSA) is 137 Å². The third kappa shape index (κ3) is 10.6. The molecule has 3 atom stereocenters. The van der Waals surface area contributed by atoms with Gasteiger partial charge in [-0.05, 0) is 130 Å². The molecule has 3 aromatic heterocycles. The predicted octanol–water partition coefficient (Wildman–Crippen LogP) is 17.6. The number of H-pyrrole nitrogens is 3. The molecule has 3 saturated carbocycles. The maximum Gasteiger partial charge on any atom is 0.416 e. The molecule has 3 fully saturated rings. The number of alkyl halides is 9. The second kappa shape index (κ2) is 20.7. The fourth-order valence-corrected chi connectivity index (χ4v) is 16.8. The van der Waals surface area contributed by atoms with Crippen molar-refractivity contribution in [1.29, 1.82) is 0 Å². The van der Waals surface area contributed by atoms with E-state index in [9.17, 15) is 53.9 Å². The van der Waals surface area contributed by atoms with E-state index in [4.69, 9.17) is 0 Å². The molecular formula is C72H75F9N6O3. The molecule has 0 aliphatic heterocycles. The number of nitrogens with one attached hydrogen (secondary N) is 3. The number of Topliss-reactive ketones (excluding diaryl/α,β-unsaturated/α-hetero) is 3. The molecule has 0 amide bonds. The van der Waals surface area contributed by atoms with E-state index in [0.29, 0.717) is 89.7 Å². The van der Waals surface area contributed by atoms with Gasteiger partial charge < -0.3 is 0 Å². The smallest absolute Gasteiger partial charge is 0.294 e. The number of benzene rings is 3. The van der Waals surface area contributed by atoms with Crippen LogP contribution < -0.4 is 0 Å². The molecular weight excluding hydrogens is 1170 g/mol. The molecule has 0 radical (unpaired) electrons. The summed E-state index contributed by atoms with van der Waals surface area (Å²) in [5.41, 5.74) is 9.83. The van der Waals surface area contributed by atoms with Gasteiger partial charge in [-0.1, -0.05) is 113 Å². The van der Waals surface area contributed by atoms with Crippen LogP contribution in [0, 0.1) is 16.2 Å². The molecule has 0 bridgehead atoms. The highest BCUT2D eigenvalue weighted by Gasteiger charge is 2.55. The largest absolute Gasteiger partial charge is 0.416 e. The standard InChI is InChI=1S/3C24H25F3N2O/c3*1-22(2)11-14-9-17-20(21(29-28-17)13-7-8-13)23(3,19(14)18(30)12-22)15-5-4-6-16(10-15)24(25,26)27/h3*4-6,10,13H,7-9,11-12H2,1-3H3,(H,28,29)/t2*23-;/m10./s1. The van der Waals surface area contributed by atoms with Gasteiger partial charge in [-0.25, -0.2) is 0 Å². The zero-order valence-electron chi connectivity index (χ0n) is 52.2. The van der Waals surface area contributed by atoms with Crippen LogP contribution in [-0.2, 0) is 68.4 Å². The van der Waals surface area contributed by atoms with Gasteiger partial charge >= 0.3 is 18.5 Å². The molecule has 6 aromatic rings. The van der Waals surface area contributed by atoms with Crippen molar-refractivity contribution in [2.75, 3.05) is 0 Å². The molecule has 1 unspecified atom stereocenters. The minimum Gasteiger partial charge on any atom is -0.294 e. The summed E-state index contributed by atoms with van der Waals surface area (Å²) in [4.78, 5) is 40.3. The SMILES string of the molecule is CC1(C)CC(=O)C2=C(Cc3[nH]nc(C4CC4)c3C2(C)c2cccc(C(F)(F)F)c2)C1.CC1(C)CC(=O)C2=C(Cc3[nH]nc(C4CC4)c3[C@@]2(C)c2cccc(C(F)(F)F)c2)C1.CC1(C)CC(=O)C2=C(Cc3[nH]nc(C4CC4)c3[C@]2(C)c2cccc(C(F)(F)F)c2)C1. The van der Waals surface area contributed by atoms with Gasteiger partial charge in [-0.15, -0.1) is 0 Å². The Bertz CT molecular complexity index is 3680. The van der Waals surface area contributed by atoms with Gasteiger partial charge in [-0.3, -0.25) is 29.7 Å². The summed E-state index contributed by atoms with van der Waals surface area (Å²) in [5.74, 6) is 1.13. The van der Waals surface area contributed by atoms with Crippen molar-refractivity contribution in [3.05, 3.63) is 190 Å². The summed E-state index contributed by atoms with van der Waals surface area (Å²) >= 11 is 0. The number of nitrogens with zero attached hydrogens (tertiary/aromatic N) is 3. The van der Waals surface area contributed by atoms with Gasteiger partial charge in [0.05, 0.1) is 33.8 Å². The van der Waals surface area contributed by atoms with Crippen LogP contribution in [0.1, 0.15) is 241 Å². The van der Waals surface area contributed by atoms with Crippen LogP contribution in [0.5, 0.6) is 0 Å². The molecule has 0 spiro atoms. The molecule has 15 rings (SSSR count). The van der Waals surface area contributed by atoms with Crippen molar-refractivity contribution in [2.45, 2.75) is 211 Å². The third-order valence-corrected chi connectivity index (χ3v) is 20.9. The minimum atomic E-state index is -4.44. The summed E-state index contributed by atoms with van der Waals surface area (Å²) in [6, 6.07) is 16.5. The minimum absolute atomic E-state index is 0.0507. The highest BCUT2D eigenvalue weighted by atomic mass is 19.4. The van der Waals surface area contributed by atoms with Gasteiger partial charge in [0.25, 0.3) is 0 Å². The molecule has 0 saturated heterocycles. The van der Waals surface area contributed by atoms with E-state index in [0.717, 1.165) is 144 Å². The van der Waals surface area contributed by atoms with Crippen LogP contribution in [0.4, 0.5) is 39.5 Å². The van der Waals surface area contributed by atoms with Gasteiger partial charge in [-0.2, -0.15) is 54.8 Å². The highest BCUT2D eigenvalue weighted by molar-refractivity contribution is 6.03. The van der Waals surface area contributed by atoms with E-state index < -0.39 is 51.5 Å². The second-order valence-electron chi connectivity index (χ2n) is 30.1. The molecule has 3 N–H and O–H groups in total. The van der Waals surface area contributed by atoms with Crippen LogP contribution in [0.15, 0.2) is 106 Å². The zero-order valence-corrected chi connectivity index (χ0v) is 52.2. The average Bonchev–Trinajstić information content (AvgIpc) is 1.36. The monoisotopic (exact) mass is 1240 g/mol. The maximum absolute atomic E-state index is 13.5. The third-order valence-electron chi connectivity index (χ3n) is 20.9. The molecule has 9 aliphatic rings. The Morgan fingerprint density at radius 3 is 0.844 bits per heavy atom. The molecule has 90 heavy (non-hydrogen) atoms. The van der Waals surface area contributed by atoms with E-state index >= 15 is 0 Å². The van der Waals surface area contributed by atoms with Gasteiger partial charge in [0.2, 0.25) is 0 Å². The number of hydrogen-bond donors (Lipinski definition) is 3. The first-order valence-corrected chi connectivity index (χ1v) is 31.5. The number of aromatic amines is 3. The Morgan fingerprint density at radius 2 is 0.622 bits per heavy atom. The van der Waals surface area contributed by atoms with E-state index in [1.54, 1.807) is 18.2 Å². The van der Waals surface area contributed by atoms with Crippen LogP contribution in [-0.4, -0.2) is 47.9 Å². The second-order valence-corrected chi connectivity index (χ2v) is 30.1. The number of carbonyl (C=O) groups is 3. The first kappa shape index (κ1) is 61.7. The number of allylic oxidation sites excluding steroid dienone is 6. The van der Waals surface area contributed by atoms with Crippen LogP contribution in [0.25, 0.3) is 0 Å². The highest BCUT2D eigenvalue weighted by Crippen LogP contribution is 2.60. The Kier molecular flexibility index (Phi) is 14.2. The van der Waals surface area contributed by atoms with Crippen LogP contribution in [0.2, 0.25) is 0 Å². The van der Waals surface area contributed by atoms with Crippen molar-refractivity contribution >= 4 is 17.3 Å². The molecule has 3 heterocycles. The maximum atomic E-state index is 13.5. The molecule has 474 valence electrons. The summed E-state index contributed by atoms with van der Waals surface area (Å²) in [6.07, 6.45) is -1.75. The van der Waals surface area contributed by atoms with Crippen molar-refractivity contribution in [2.24, 2.45) is 16.2 Å². The van der Waals surface area contributed by atoms with Gasteiger partial charge in [0, 0.05) is 123 Å². The number of carbonyl (C=O) groups excluding carboxylic acids is 3. The predicted molar refractivity (Wildman–Crippen MR) is 322 cm³/mol. The lowest BCUT2D eigenvalue weighted by Crippen LogP contribution is -2.41. The summed E-state index contributed by atoms with van der Waals surface area (Å²) in [5, 5.41) is 23.3. The first-order chi connectivity index (χ1) is 42.0. The normalized spacial score (nSPS) is 25.9. The molecule has 3 aromatic carbocycles. The number of hydrogen-bond acceptors (Lipinski definition) is 6. The van der Waals surface area contributed by atoms with Crippen molar-refractivity contribution in [3.63, 3.8) is 0 Å². The van der Waals surface area contributed by atoms with Gasteiger partial charge in [0.15, 0.2) is 17.3 Å². The van der Waals surface area contributed by atoms with E-state index in [2.05, 4.69) is 72.1 Å². The molecule has 9 aliphatic carbocycles. The Labute approximate surface area is 517 Å². The lowest BCUT2D eigenvalue weighted by atomic mass is 9.58. The Hall–Kier alpha value is -7.11. The summed E-state index contributed by atoms with van der Waals surface area (Å²) < 4.78 is 122. The van der Waals surface area contributed by atoms with E-state index in [-0.39, 0.29) is 33.6 Å². The summed E-state index contributed by atoms with van der Waals surface area (Å²) in [6.45, 7) is 18.2. The first-order valence-electron chi connectivity index (χ1n) is 31.5. The quantitative estimate of drug-likeness (QED) is 0.142. The van der Waals surface area contributed by atoms with E-state index in [1.807, 2.05) is 20.8 Å². The number of halogens is 9. The molecule has 9 nitrogen and oxygen atoms in total. The van der Waals surface area contributed by atoms with Crippen molar-refractivity contribution < 1.29 is 53.9 Å². The number of aromatic nitrogens is 6. The van der Waals surface area contributed by atoms with Gasteiger partial charge in [0.1, 0.15) is 0 Å². The molecule has 18 heteroatoms. The van der Waals surface area contributed by atoms with Crippen molar-refractivity contribution in [1.82, 2.24) is 30.6 Å². The Morgan fingerprint density at radius 1 is 0.378 bits per heavy atom. The number of rotatable bonds is 6. The van der Waals surface area contributed by atoms with Crippen molar-refractivity contribution in [3.8, 4) is 0 Å². The van der Waals surface area contributed by atoms with Crippen LogP contribution in [0.3, 0.4) is 0 Å². The fourth-order valence-electron chi connectivity index (χ4n) is 16.8. The average molecular weight is 1240 g/mol. The lowest BCUT2D eigenvalue weighted by molar-refractivity contribution is -0.138. The Balaban J connectivity index is 0.000000124. The fraction of sp³-hybridized carbons (Fsp3) is 0.500.